The molecule has 0 atom stereocenters. The second kappa shape index (κ2) is 6.50. The van der Waals surface area contributed by atoms with Crippen LogP contribution in [0.25, 0.3) is 0 Å². The highest BCUT2D eigenvalue weighted by Crippen LogP contribution is 2.08. The second-order valence-electron chi connectivity index (χ2n) is 4.82. The first kappa shape index (κ1) is 13.0. The molecule has 0 aliphatic carbocycles. The van der Waals surface area contributed by atoms with E-state index in [1.807, 2.05) is 17.2 Å². The average molecular weight is 247 g/mol. The number of pyridine rings is 1. The van der Waals surface area contributed by atoms with Crippen LogP contribution in [0.1, 0.15) is 30.4 Å². The topological polar surface area (TPSA) is 45.2 Å². The summed E-state index contributed by atoms with van der Waals surface area (Å²) in [4.78, 5) is 17.9. The predicted molar refractivity (Wildman–Crippen MR) is 71.1 cm³/mol. The number of hydrogen-bond donors (Lipinski definition) is 1. The zero-order valence-electron chi connectivity index (χ0n) is 11.0. The maximum atomic E-state index is 11.8. The Morgan fingerprint density at radius 2 is 2.22 bits per heavy atom. The van der Waals surface area contributed by atoms with Crippen molar-refractivity contribution in [3.05, 3.63) is 29.6 Å². The summed E-state index contributed by atoms with van der Waals surface area (Å²) in [5.74, 6) is 0.280. The summed E-state index contributed by atoms with van der Waals surface area (Å²) in [5, 5.41) is 3.31. The lowest BCUT2D eigenvalue weighted by molar-refractivity contribution is -0.130. The Bertz CT molecular complexity index is 400. The first-order chi connectivity index (χ1) is 8.77. The van der Waals surface area contributed by atoms with Crippen LogP contribution in [0.2, 0.25) is 0 Å². The maximum absolute atomic E-state index is 11.8. The molecule has 4 nitrogen and oxygen atoms in total. The molecule has 0 bridgehead atoms. The molecule has 2 rings (SSSR count). The van der Waals surface area contributed by atoms with Gasteiger partial charge in [-0.1, -0.05) is 0 Å². The lowest BCUT2D eigenvalue weighted by Crippen LogP contribution is -2.30. The SMILES string of the molecule is Cc1ccncc1CNCCC(=O)N1CCCC1. The van der Waals surface area contributed by atoms with Gasteiger partial charge in [-0.3, -0.25) is 9.78 Å². The lowest BCUT2D eigenvalue weighted by atomic mass is 10.1. The minimum Gasteiger partial charge on any atom is -0.343 e. The van der Waals surface area contributed by atoms with Crippen molar-refractivity contribution < 1.29 is 4.79 Å². The Hall–Kier alpha value is -1.42. The Balaban J connectivity index is 1.67. The second-order valence-corrected chi connectivity index (χ2v) is 4.82. The molecule has 18 heavy (non-hydrogen) atoms. The Morgan fingerprint density at radius 3 is 2.94 bits per heavy atom. The van der Waals surface area contributed by atoms with Crippen LogP contribution in [-0.2, 0) is 11.3 Å². The summed E-state index contributed by atoms with van der Waals surface area (Å²) in [6.45, 7) is 5.49. The summed E-state index contributed by atoms with van der Waals surface area (Å²) in [7, 11) is 0. The van der Waals surface area contributed by atoms with E-state index in [1.165, 1.54) is 11.1 Å². The molecule has 0 saturated carbocycles. The molecule has 0 aromatic carbocycles. The Labute approximate surface area is 108 Å². The zero-order chi connectivity index (χ0) is 12.8. The van der Waals surface area contributed by atoms with Gasteiger partial charge in [0.15, 0.2) is 0 Å². The summed E-state index contributed by atoms with van der Waals surface area (Å²) >= 11 is 0. The summed E-state index contributed by atoms with van der Waals surface area (Å²) in [6, 6.07) is 2.01. The normalized spacial score (nSPS) is 15.1. The molecule has 0 spiro atoms. The Kier molecular flexibility index (Phi) is 4.70. The predicted octanol–water partition coefficient (Wildman–Crippen LogP) is 1.49. The molecule has 1 aliphatic rings. The van der Waals surface area contributed by atoms with E-state index in [2.05, 4.69) is 17.2 Å². The number of amides is 1. The van der Waals surface area contributed by atoms with Gasteiger partial charge in [-0.25, -0.2) is 0 Å². The van der Waals surface area contributed by atoms with Gasteiger partial charge in [0.25, 0.3) is 0 Å². The Morgan fingerprint density at radius 1 is 1.44 bits per heavy atom. The van der Waals surface area contributed by atoms with Gasteiger partial charge in [-0.15, -0.1) is 0 Å². The first-order valence-corrected chi connectivity index (χ1v) is 6.65. The van der Waals surface area contributed by atoms with E-state index in [0.29, 0.717) is 6.42 Å². The number of nitrogens with one attached hydrogen (secondary N) is 1. The van der Waals surface area contributed by atoms with Crippen molar-refractivity contribution in [3.63, 3.8) is 0 Å². The fourth-order valence-corrected chi connectivity index (χ4v) is 2.22. The number of rotatable bonds is 5. The zero-order valence-corrected chi connectivity index (χ0v) is 11.0. The van der Waals surface area contributed by atoms with Crippen molar-refractivity contribution >= 4 is 5.91 Å². The van der Waals surface area contributed by atoms with Gasteiger partial charge in [0, 0.05) is 45.0 Å². The van der Waals surface area contributed by atoms with Crippen LogP contribution in [0.4, 0.5) is 0 Å². The molecule has 2 heterocycles. The van der Waals surface area contributed by atoms with E-state index in [-0.39, 0.29) is 5.91 Å². The highest BCUT2D eigenvalue weighted by Gasteiger charge is 2.16. The smallest absolute Gasteiger partial charge is 0.223 e. The van der Waals surface area contributed by atoms with Gasteiger partial charge in [-0.05, 0) is 37.0 Å². The fraction of sp³-hybridized carbons (Fsp3) is 0.571. The van der Waals surface area contributed by atoms with Crippen molar-refractivity contribution in [1.82, 2.24) is 15.2 Å². The summed E-state index contributed by atoms with van der Waals surface area (Å²) in [6.07, 6.45) is 6.60. The quantitative estimate of drug-likeness (QED) is 0.802. The molecule has 1 amide bonds. The van der Waals surface area contributed by atoms with Crippen molar-refractivity contribution in [1.29, 1.82) is 0 Å². The molecule has 0 radical (unpaired) electrons. The van der Waals surface area contributed by atoms with Gasteiger partial charge in [0.05, 0.1) is 0 Å². The molecule has 0 unspecified atom stereocenters. The molecular formula is C14H21N3O. The number of carbonyl (C=O) groups excluding carboxylic acids is 1. The van der Waals surface area contributed by atoms with E-state index in [4.69, 9.17) is 0 Å². The fourth-order valence-electron chi connectivity index (χ4n) is 2.22. The third-order valence-electron chi connectivity index (χ3n) is 3.44. The van der Waals surface area contributed by atoms with Gasteiger partial charge in [0.2, 0.25) is 5.91 Å². The van der Waals surface area contributed by atoms with Crippen molar-refractivity contribution in [3.8, 4) is 0 Å². The van der Waals surface area contributed by atoms with Gasteiger partial charge in [0.1, 0.15) is 0 Å². The lowest BCUT2D eigenvalue weighted by Gasteiger charge is -2.15. The average Bonchev–Trinajstić information content (AvgIpc) is 2.90. The molecule has 1 saturated heterocycles. The monoisotopic (exact) mass is 247 g/mol. The van der Waals surface area contributed by atoms with Crippen molar-refractivity contribution in [2.24, 2.45) is 0 Å². The minimum absolute atomic E-state index is 0.280. The van der Waals surface area contributed by atoms with Crippen molar-refractivity contribution in [2.45, 2.75) is 32.7 Å². The van der Waals surface area contributed by atoms with Gasteiger partial charge < -0.3 is 10.2 Å². The summed E-state index contributed by atoms with van der Waals surface area (Å²) in [5.41, 5.74) is 2.44. The van der Waals surface area contributed by atoms with E-state index >= 15 is 0 Å². The van der Waals surface area contributed by atoms with Crippen molar-refractivity contribution in [2.75, 3.05) is 19.6 Å². The highest BCUT2D eigenvalue weighted by atomic mass is 16.2. The molecular weight excluding hydrogens is 226 g/mol. The third kappa shape index (κ3) is 3.53. The van der Waals surface area contributed by atoms with E-state index in [1.54, 1.807) is 6.20 Å². The number of likely N-dealkylation sites (tertiary alicyclic amines) is 1. The van der Waals surface area contributed by atoms with Crippen LogP contribution in [0.15, 0.2) is 18.5 Å². The van der Waals surface area contributed by atoms with E-state index in [0.717, 1.165) is 39.0 Å². The largest absolute Gasteiger partial charge is 0.343 e. The number of aryl methyl sites for hydroxylation is 1. The summed E-state index contributed by atoms with van der Waals surface area (Å²) < 4.78 is 0. The van der Waals surface area contributed by atoms with Crippen LogP contribution < -0.4 is 5.32 Å². The number of nitrogens with zero attached hydrogens (tertiary/aromatic N) is 2. The molecule has 1 fully saturated rings. The molecule has 1 aliphatic heterocycles. The van der Waals surface area contributed by atoms with Gasteiger partial charge >= 0.3 is 0 Å². The minimum atomic E-state index is 0.280. The van der Waals surface area contributed by atoms with Crippen LogP contribution in [0, 0.1) is 6.92 Å². The molecule has 1 aromatic rings. The molecule has 98 valence electrons. The number of carbonyl (C=O) groups is 1. The molecule has 1 N–H and O–H groups in total. The van der Waals surface area contributed by atoms with E-state index in [9.17, 15) is 4.79 Å². The standard InChI is InChI=1S/C14H21N3O/c1-12-4-6-15-10-13(12)11-16-7-5-14(18)17-8-2-3-9-17/h4,6,10,16H,2-3,5,7-9,11H2,1H3. The van der Waals surface area contributed by atoms with Gasteiger partial charge in [-0.2, -0.15) is 0 Å². The molecule has 1 aromatic heterocycles. The van der Waals surface area contributed by atoms with Crippen LogP contribution in [-0.4, -0.2) is 35.4 Å². The first-order valence-electron chi connectivity index (χ1n) is 6.65. The number of aromatic nitrogens is 1. The van der Waals surface area contributed by atoms with E-state index < -0.39 is 0 Å². The van der Waals surface area contributed by atoms with Crippen LogP contribution >= 0.6 is 0 Å². The third-order valence-corrected chi connectivity index (χ3v) is 3.44. The highest BCUT2D eigenvalue weighted by molar-refractivity contribution is 5.76. The van der Waals surface area contributed by atoms with Crippen LogP contribution in [0.5, 0.6) is 0 Å². The molecule has 4 heteroatoms. The van der Waals surface area contributed by atoms with Crippen LogP contribution in [0.3, 0.4) is 0 Å². The number of hydrogen-bond acceptors (Lipinski definition) is 3. The maximum Gasteiger partial charge on any atom is 0.223 e.